The van der Waals surface area contributed by atoms with Gasteiger partial charge in [0.1, 0.15) is 0 Å². The van der Waals surface area contributed by atoms with Gasteiger partial charge in [-0.3, -0.25) is 0 Å². The van der Waals surface area contributed by atoms with Gasteiger partial charge in [-0.1, -0.05) is 36.4 Å². The fourth-order valence-electron chi connectivity index (χ4n) is 2.31. The molecule has 25 heavy (non-hydrogen) atoms. The zero-order valence-electron chi connectivity index (χ0n) is 14.8. The summed E-state index contributed by atoms with van der Waals surface area (Å²) in [4.78, 5) is 12.0. The first kappa shape index (κ1) is 19.0. The van der Waals surface area contributed by atoms with Gasteiger partial charge in [0.2, 0.25) is 0 Å². The monoisotopic (exact) mass is 342 g/mol. The Morgan fingerprint density at radius 3 is 2.48 bits per heavy atom. The van der Waals surface area contributed by atoms with Gasteiger partial charge < -0.3 is 20.5 Å². The summed E-state index contributed by atoms with van der Waals surface area (Å²) in [5.41, 5.74) is 3.77. The average Bonchev–Trinajstić information content (AvgIpc) is 2.61. The van der Waals surface area contributed by atoms with Gasteiger partial charge in [-0.05, 0) is 49.1 Å². The number of anilines is 1. The van der Waals surface area contributed by atoms with E-state index in [0.29, 0.717) is 13.2 Å². The number of nitrogens with one attached hydrogen (secondary N) is 2. The van der Waals surface area contributed by atoms with Crippen LogP contribution in [0, 0.1) is 0 Å². The summed E-state index contributed by atoms with van der Waals surface area (Å²) in [6, 6.07) is 15.1. The van der Waals surface area contributed by atoms with Gasteiger partial charge >= 0.3 is 6.03 Å². The number of amides is 2. The molecule has 2 amide bonds. The zero-order chi connectivity index (χ0) is 18.1. The number of hydrogen-bond donors (Lipinski definition) is 3. The van der Waals surface area contributed by atoms with Crippen LogP contribution in [0.5, 0.6) is 0 Å². The van der Waals surface area contributed by atoms with Crippen LogP contribution in [-0.2, 0) is 24.4 Å². The molecular formula is C20H26N2O3. The van der Waals surface area contributed by atoms with Crippen LogP contribution in [0.25, 0.3) is 0 Å². The van der Waals surface area contributed by atoms with Gasteiger partial charge in [-0.25, -0.2) is 4.79 Å². The third kappa shape index (κ3) is 6.95. The molecule has 0 aromatic heterocycles. The molecule has 0 aliphatic heterocycles. The quantitative estimate of drug-likeness (QED) is 0.688. The Morgan fingerprint density at radius 2 is 1.80 bits per heavy atom. The lowest BCUT2D eigenvalue weighted by atomic mass is 10.1. The van der Waals surface area contributed by atoms with Crippen LogP contribution in [0.4, 0.5) is 10.5 Å². The Labute approximate surface area is 149 Å². The minimum atomic E-state index is -0.228. The molecule has 0 atom stereocenters. The average molecular weight is 342 g/mol. The second-order valence-corrected chi connectivity index (χ2v) is 6.17. The Bertz CT molecular complexity index is 669. The molecule has 5 heteroatoms. The Hall–Kier alpha value is -2.37. The van der Waals surface area contributed by atoms with E-state index in [4.69, 9.17) is 9.84 Å². The number of hydrogen-bond acceptors (Lipinski definition) is 3. The molecule has 0 radical (unpaired) electrons. The summed E-state index contributed by atoms with van der Waals surface area (Å²) >= 11 is 0. The van der Waals surface area contributed by atoms with Gasteiger partial charge in [0.25, 0.3) is 0 Å². The number of ether oxygens (including phenoxy) is 1. The van der Waals surface area contributed by atoms with E-state index in [9.17, 15) is 4.79 Å². The number of benzene rings is 2. The second kappa shape index (κ2) is 9.81. The van der Waals surface area contributed by atoms with Crippen molar-refractivity contribution in [3.05, 3.63) is 65.2 Å². The molecule has 5 nitrogen and oxygen atoms in total. The SMILES string of the molecule is CC(C)OCc1cccc(NC(=O)NCCc2ccc(CO)cc2)c1. The van der Waals surface area contributed by atoms with Crippen molar-refractivity contribution < 1.29 is 14.6 Å². The maximum atomic E-state index is 12.0. The molecule has 2 aromatic rings. The molecule has 134 valence electrons. The molecular weight excluding hydrogens is 316 g/mol. The molecule has 0 saturated carbocycles. The van der Waals surface area contributed by atoms with Gasteiger partial charge in [0.15, 0.2) is 0 Å². The molecule has 0 spiro atoms. The maximum absolute atomic E-state index is 12.0. The fourth-order valence-corrected chi connectivity index (χ4v) is 2.31. The third-order valence-corrected chi connectivity index (χ3v) is 3.67. The summed E-state index contributed by atoms with van der Waals surface area (Å²) in [6.07, 6.45) is 0.910. The van der Waals surface area contributed by atoms with Gasteiger partial charge in [-0.15, -0.1) is 0 Å². The molecule has 0 heterocycles. The smallest absolute Gasteiger partial charge is 0.319 e. The van der Waals surface area contributed by atoms with Crippen molar-refractivity contribution in [3.63, 3.8) is 0 Å². The minimum absolute atomic E-state index is 0.0439. The standard InChI is InChI=1S/C20H26N2O3/c1-15(2)25-14-18-4-3-5-19(12-18)22-20(24)21-11-10-16-6-8-17(13-23)9-7-16/h3-9,12,15,23H,10-11,13-14H2,1-2H3,(H2,21,22,24). The zero-order valence-corrected chi connectivity index (χ0v) is 14.8. The molecule has 3 N–H and O–H groups in total. The van der Waals surface area contributed by atoms with Crippen LogP contribution in [-0.4, -0.2) is 23.8 Å². The third-order valence-electron chi connectivity index (χ3n) is 3.67. The molecule has 0 aliphatic carbocycles. The number of urea groups is 1. The van der Waals surface area contributed by atoms with Crippen molar-refractivity contribution in [1.82, 2.24) is 5.32 Å². The lowest BCUT2D eigenvalue weighted by Crippen LogP contribution is -2.30. The van der Waals surface area contributed by atoms with Gasteiger partial charge in [0.05, 0.1) is 19.3 Å². The molecule has 0 unspecified atom stereocenters. The fraction of sp³-hybridized carbons (Fsp3) is 0.350. The largest absolute Gasteiger partial charge is 0.392 e. The van der Waals surface area contributed by atoms with Crippen LogP contribution >= 0.6 is 0 Å². The highest BCUT2D eigenvalue weighted by atomic mass is 16.5. The normalized spacial score (nSPS) is 10.7. The van der Waals surface area contributed by atoms with E-state index in [0.717, 1.165) is 28.8 Å². The summed E-state index contributed by atoms with van der Waals surface area (Å²) in [5.74, 6) is 0. The molecule has 0 bridgehead atoms. The van der Waals surface area contributed by atoms with Gasteiger partial charge in [-0.2, -0.15) is 0 Å². The number of aliphatic hydroxyl groups is 1. The first-order valence-corrected chi connectivity index (χ1v) is 8.51. The lowest BCUT2D eigenvalue weighted by molar-refractivity contribution is 0.0657. The number of carbonyl (C=O) groups is 1. The second-order valence-electron chi connectivity index (χ2n) is 6.17. The predicted molar refractivity (Wildman–Crippen MR) is 99.5 cm³/mol. The van der Waals surface area contributed by atoms with E-state index in [1.807, 2.05) is 62.4 Å². The minimum Gasteiger partial charge on any atom is -0.392 e. The highest BCUT2D eigenvalue weighted by Crippen LogP contribution is 2.12. The van der Waals surface area contributed by atoms with E-state index in [-0.39, 0.29) is 18.7 Å². The number of carbonyl (C=O) groups excluding carboxylic acids is 1. The Balaban J connectivity index is 1.76. The van der Waals surface area contributed by atoms with Crippen molar-refractivity contribution in [3.8, 4) is 0 Å². The summed E-state index contributed by atoms with van der Waals surface area (Å²) in [7, 11) is 0. The van der Waals surface area contributed by atoms with Crippen LogP contribution in [0.2, 0.25) is 0 Å². The molecule has 0 aliphatic rings. The molecule has 0 saturated heterocycles. The first-order valence-electron chi connectivity index (χ1n) is 8.51. The highest BCUT2D eigenvalue weighted by Gasteiger charge is 2.03. The number of aliphatic hydroxyl groups excluding tert-OH is 1. The molecule has 2 rings (SSSR count). The predicted octanol–water partition coefficient (Wildman–Crippen LogP) is 3.47. The summed E-state index contributed by atoms with van der Waals surface area (Å²) < 4.78 is 5.57. The number of rotatable bonds is 8. The molecule has 2 aromatic carbocycles. The van der Waals surface area contributed by atoms with E-state index >= 15 is 0 Å². The maximum Gasteiger partial charge on any atom is 0.319 e. The van der Waals surface area contributed by atoms with E-state index in [1.165, 1.54) is 0 Å². The Morgan fingerprint density at radius 1 is 1.08 bits per heavy atom. The van der Waals surface area contributed by atoms with Crippen LogP contribution < -0.4 is 10.6 Å². The molecule has 0 fully saturated rings. The Kier molecular flexibility index (Phi) is 7.44. The van der Waals surface area contributed by atoms with Crippen molar-refractivity contribution in [2.75, 3.05) is 11.9 Å². The van der Waals surface area contributed by atoms with Crippen LogP contribution in [0.15, 0.2) is 48.5 Å². The summed E-state index contributed by atoms with van der Waals surface area (Å²) in [5, 5.41) is 14.7. The van der Waals surface area contributed by atoms with Crippen molar-refractivity contribution >= 4 is 11.7 Å². The lowest BCUT2D eigenvalue weighted by Gasteiger charge is -2.11. The topological polar surface area (TPSA) is 70.6 Å². The van der Waals surface area contributed by atoms with Gasteiger partial charge in [0, 0.05) is 12.2 Å². The van der Waals surface area contributed by atoms with Crippen LogP contribution in [0.3, 0.4) is 0 Å². The van der Waals surface area contributed by atoms with Crippen molar-refractivity contribution in [1.29, 1.82) is 0 Å². The van der Waals surface area contributed by atoms with E-state index in [1.54, 1.807) is 0 Å². The highest BCUT2D eigenvalue weighted by molar-refractivity contribution is 5.89. The van der Waals surface area contributed by atoms with Crippen molar-refractivity contribution in [2.45, 2.75) is 39.6 Å². The summed E-state index contributed by atoms with van der Waals surface area (Å²) in [6.45, 7) is 5.10. The van der Waals surface area contributed by atoms with E-state index in [2.05, 4.69) is 10.6 Å². The van der Waals surface area contributed by atoms with Crippen molar-refractivity contribution in [2.24, 2.45) is 0 Å². The van der Waals surface area contributed by atoms with E-state index < -0.39 is 0 Å². The van der Waals surface area contributed by atoms with Crippen LogP contribution in [0.1, 0.15) is 30.5 Å². The first-order chi connectivity index (χ1) is 12.1.